The van der Waals surface area contributed by atoms with Crippen molar-refractivity contribution in [1.29, 1.82) is 0 Å². The molecule has 2 aliphatic rings. The van der Waals surface area contributed by atoms with Crippen molar-refractivity contribution in [3.63, 3.8) is 0 Å². The van der Waals surface area contributed by atoms with Crippen LogP contribution in [0.5, 0.6) is 0 Å². The summed E-state index contributed by atoms with van der Waals surface area (Å²) in [5.41, 5.74) is 6.27. The van der Waals surface area contributed by atoms with E-state index in [0.717, 1.165) is 22.9 Å². The third-order valence-corrected chi connectivity index (χ3v) is 10.8. The first kappa shape index (κ1) is 46.0. The van der Waals surface area contributed by atoms with Gasteiger partial charge in [0.1, 0.15) is 5.69 Å². The number of aryl methyl sites for hydroxylation is 4. The molecule has 0 amide bonds. The molecule has 0 atom stereocenters. The summed E-state index contributed by atoms with van der Waals surface area (Å²) >= 11 is 0. The number of benzene rings is 4. The van der Waals surface area contributed by atoms with Crippen LogP contribution in [0.15, 0.2) is 84.9 Å². The number of halogens is 6. The first-order valence-corrected chi connectivity index (χ1v) is 20.4. The Morgan fingerprint density at radius 1 is 0.431 bits per heavy atom. The minimum absolute atomic E-state index is 0.00909. The first-order valence-electron chi connectivity index (χ1n) is 20.4. The van der Waals surface area contributed by atoms with E-state index in [1.165, 1.54) is 45.6 Å². The largest absolute Gasteiger partial charge is 0.382 e. The van der Waals surface area contributed by atoms with Crippen LogP contribution >= 0.6 is 0 Å². The van der Waals surface area contributed by atoms with E-state index in [1.807, 2.05) is 53.7 Å². The summed E-state index contributed by atoms with van der Waals surface area (Å²) in [4.78, 5) is 8.86. The lowest BCUT2D eigenvalue weighted by Crippen LogP contribution is -2.43. The smallest absolute Gasteiger partial charge is 0.252 e. The predicted molar refractivity (Wildman–Crippen MR) is 231 cm³/mol. The molecule has 4 aromatic carbocycles. The van der Waals surface area contributed by atoms with Crippen molar-refractivity contribution < 1.29 is 26.3 Å². The molecule has 8 rings (SSSR count). The number of rotatable bonds is 2. The Kier molecular flexibility index (Phi) is 13.4. The van der Waals surface area contributed by atoms with Gasteiger partial charge in [-0.1, -0.05) is 136 Å². The standard InChI is InChI=1S/C24H27N.C20H13F6N.3C2H6/c1-15-11-17-9-7-8-10-18(17)13-19(15)21-16(2)12-20-22(25-21)24(5,6)14-23(20,3)4;1-10-7-12-5-3-4-6-13(12)9-14(10)16-11(2)8-15-17(27-16)19(23,24)20(25,26)18(15,21)22;3*1-2/h7-13H,14H2,1-6H3;3-9H,1-2H3;3*1-2H3. The summed E-state index contributed by atoms with van der Waals surface area (Å²) in [6.07, 6.45) is 1.15. The van der Waals surface area contributed by atoms with Crippen LogP contribution in [0.25, 0.3) is 44.1 Å². The van der Waals surface area contributed by atoms with E-state index in [9.17, 15) is 26.3 Å². The Morgan fingerprint density at radius 3 is 1.21 bits per heavy atom. The molecular formula is C50H58F6N2. The Hall–Kier alpha value is -4.72. The lowest BCUT2D eigenvalue weighted by atomic mass is 9.82. The summed E-state index contributed by atoms with van der Waals surface area (Å²) in [6, 6.07) is 27.1. The molecule has 0 fully saturated rings. The third-order valence-electron chi connectivity index (χ3n) is 10.8. The summed E-state index contributed by atoms with van der Waals surface area (Å²) in [5, 5.41) is 4.27. The van der Waals surface area contributed by atoms with Crippen LogP contribution in [0, 0.1) is 27.7 Å². The Morgan fingerprint density at radius 2 is 0.793 bits per heavy atom. The van der Waals surface area contributed by atoms with Crippen molar-refractivity contribution in [3.05, 3.63) is 130 Å². The van der Waals surface area contributed by atoms with E-state index in [0.29, 0.717) is 17.2 Å². The van der Waals surface area contributed by atoms with Gasteiger partial charge in [-0.15, -0.1) is 0 Å². The molecule has 0 N–H and O–H groups in total. The molecular weight excluding hydrogens is 743 g/mol. The van der Waals surface area contributed by atoms with Crippen molar-refractivity contribution in [3.8, 4) is 22.5 Å². The normalized spacial score (nSPS) is 16.9. The maximum Gasteiger partial charge on any atom is 0.382 e. The molecule has 0 spiro atoms. The second-order valence-corrected chi connectivity index (χ2v) is 15.8. The highest BCUT2D eigenvalue weighted by Crippen LogP contribution is 2.63. The topological polar surface area (TPSA) is 25.8 Å². The van der Waals surface area contributed by atoms with E-state index in [2.05, 4.69) is 89.0 Å². The molecule has 0 saturated heterocycles. The van der Waals surface area contributed by atoms with Crippen molar-refractivity contribution in [2.75, 3.05) is 0 Å². The van der Waals surface area contributed by atoms with Crippen LogP contribution in [-0.4, -0.2) is 15.9 Å². The van der Waals surface area contributed by atoms with Gasteiger partial charge in [-0.2, -0.15) is 26.3 Å². The monoisotopic (exact) mass is 800 g/mol. The third kappa shape index (κ3) is 7.76. The molecule has 310 valence electrons. The summed E-state index contributed by atoms with van der Waals surface area (Å²) in [7, 11) is 0. The Bertz CT molecular complexity index is 2430. The number of alkyl halides is 6. The van der Waals surface area contributed by atoms with Gasteiger partial charge in [0, 0.05) is 16.5 Å². The molecule has 0 bridgehead atoms. The second kappa shape index (κ2) is 16.9. The van der Waals surface area contributed by atoms with E-state index in [1.54, 1.807) is 31.2 Å². The predicted octanol–water partition coefficient (Wildman–Crippen LogP) is 15.9. The highest BCUT2D eigenvalue weighted by molar-refractivity contribution is 5.90. The van der Waals surface area contributed by atoms with E-state index in [4.69, 9.17) is 4.98 Å². The van der Waals surface area contributed by atoms with Gasteiger partial charge in [-0.25, -0.2) is 4.98 Å². The van der Waals surface area contributed by atoms with E-state index >= 15 is 0 Å². The highest BCUT2D eigenvalue weighted by atomic mass is 19.3. The van der Waals surface area contributed by atoms with Gasteiger partial charge in [0.15, 0.2) is 0 Å². The van der Waals surface area contributed by atoms with Crippen LogP contribution in [0.4, 0.5) is 26.3 Å². The zero-order valence-electron chi connectivity index (χ0n) is 36.5. The van der Waals surface area contributed by atoms with Crippen molar-refractivity contribution >= 4 is 21.5 Å². The number of pyridine rings is 2. The lowest BCUT2D eigenvalue weighted by molar-refractivity contribution is -0.303. The molecule has 0 aliphatic heterocycles. The number of nitrogens with zero attached hydrogens (tertiary/aromatic N) is 2. The maximum atomic E-state index is 14.1. The van der Waals surface area contributed by atoms with Gasteiger partial charge in [0.25, 0.3) is 0 Å². The summed E-state index contributed by atoms with van der Waals surface area (Å²) < 4.78 is 83.5. The van der Waals surface area contributed by atoms with E-state index < -0.39 is 29.0 Å². The van der Waals surface area contributed by atoms with Crippen LogP contribution in [0.2, 0.25) is 0 Å². The molecule has 2 nitrogen and oxygen atoms in total. The fraction of sp³-hybridized carbons (Fsp3) is 0.400. The Labute approximate surface area is 341 Å². The Balaban J connectivity index is 0.000000228. The molecule has 6 aromatic rings. The zero-order chi connectivity index (χ0) is 43.8. The number of aromatic nitrogens is 2. The van der Waals surface area contributed by atoms with Gasteiger partial charge in [-0.05, 0) is 107 Å². The number of hydrogen-bond donors (Lipinski definition) is 0. The fourth-order valence-corrected chi connectivity index (χ4v) is 8.30. The van der Waals surface area contributed by atoms with Gasteiger partial charge < -0.3 is 0 Å². The number of hydrogen-bond acceptors (Lipinski definition) is 2. The lowest BCUT2D eigenvalue weighted by Gasteiger charge is -2.22. The average molecular weight is 801 g/mol. The molecule has 2 aliphatic carbocycles. The average Bonchev–Trinajstić information content (AvgIpc) is 3.43. The highest BCUT2D eigenvalue weighted by Gasteiger charge is 2.80. The van der Waals surface area contributed by atoms with Gasteiger partial charge in [-0.3, -0.25) is 4.98 Å². The minimum atomic E-state index is -5.53. The quantitative estimate of drug-likeness (QED) is 0.163. The van der Waals surface area contributed by atoms with Crippen LogP contribution in [-0.2, 0) is 22.7 Å². The molecule has 2 aromatic heterocycles. The summed E-state index contributed by atoms with van der Waals surface area (Å²) in [5.74, 6) is -15.6. The van der Waals surface area contributed by atoms with Gasteiger partial charge in [0.05, 0.1) is 22.6 Å². The molecule has 0 saturated carbocycles. The van der Waals surface area contributed by atoms with Crippen molar-refractivity contribution in [2.24, 2.45) is 0 Å². The SMILES string of the molecule is CC.CC.CC.Cc1cc2ccccc2cc1-c1nc2c(cc1C)C(C)(C)CC2(C)C.Cc1cc2ccccc2cc1-c1nc2c(cc1C)C(F)(F)C(F)(F)C2(F)F. The van der Waals surface area contributed by atoms with Crippen molar-refractivity contribution in [1.82, 2.24) is 9.97 Å². The summed E-state index contributed by atoms with van der Waals surface area (Å²) in [6.45, 7) is 28.9. The second-order valence-electron chi connectivity index (χ2n) is 15.8. The van der Waals surface area contributed by atoms with Gasteiger partial charge >= 0.3 is 17.8 Å². The van der Waals surface area contributed by atoms with E-state index in [-0.39, 0.29) is 22.1 Å². The first-order chi connectivity index (χ1) is 27.2. The molecule has 2 heterocycles. The minimum Gasteiger partial charge on any atom is -0.252 e. The van der Waals surface area contributed by atoms with Crippen LogP contribution in [0.3, 0.4) is 0 Å². The molecule has 0 unspecified atom stereocenters. The molecule has 58 heavy (non-hydrogen) atoms. The van der Waals surface area contributed by atoms with Crippen LogP contribution in [0.1, 0.15) is 120 Å². The fourth-order valence-electron chi connectivity index (χ4n) is 8.30. The molecule has 8 heteroatoms. The molecule has 0 radical (unpaired) electrons. The maximum absolute atomic E-state index is 14.1. The van der Waals surface area contributed by atoms with Crippen LogP contribution < -0.4 is 0 Å². The van der Waals surface area contributed by atoms with Crippen molar-refractivity contribution in [2.45, 2.75) is 132 Å². The zero-order valence-corrected chi connectivity index (χ0v) is 36.5. The van der Waals surface area contributed by atoms with Gasteiger partial charge in [0.2, 0.25) is 0 Å². The number of fused-ring (bicyclic) bond motifs is 4.